The summed E-state index contributed by atoms with van der Waals surface area (Å²) in [4.78, 5) is 27.1. The molecule has 0 saturated heterocycles. The summed E-state index contributed by atoms with van der Waals surface area (Å²) < 4.78 is 0. The first-order chi connectivity index (χ1) is 17.5. The summed E-state index contributed by atoms with van der Waals surface area (Å²) in [5.41, 5.74) is 4.36. The van der Waals surface area contributed by atoms with Crippen molar-refractivity contribution >= 4 is 28.9 Å². The molecule has 1 aliphatic carbocycles. The van der Waals surface area contributed by atoms with Crippen molar-refractivity contribution in [3.8, 4) is 0 Å². The van der Waals surface area contributed by atoms with Crippen LogP contribution in [0.1, 0.15) is 59.0 Å². The Hall–Kier alpha value is -3.58. The lowest BCUT2D eigenvalue weighted by Gasteiger charge is -2.38. The maximum atomic E-state index is 14.1. The summed E-state index contributed by atoms with van der Waals surface area (Å²) in [7, 11) is 0. The zero-order chi connectivity index (χ0) is 25.1. The van der Waals surface area contributed by atoms with E-state index in [1.807, 2.05) is 49.4 Å². The zero-order valence-corrected chi connectivity index (χ0v) is 21.0. The van der Waals surface area contributed by atoms with Gasteiger partial charge in [-0.15, -0.1) is 0 Å². The highest BCUT2D eigenvalue weighted by molar-refractivity contribution is 8.03. The Labute approximate surface area is 215 Å². The van der Waals surface area contributed by atoms with Gasteiger partial charge in [-0.05, 0) is 37.5 Å². The first-order valence-corrected chi connectivity index (χ1v) is 13.3. The molecular formula is C29H29N3O3S. The number of aryl methyl sites for hydroxylation is 1. The Bertz CT molecular complexity index is 1270. The first-order valence-electron chi connectivity index (χ1n) is 12.4. The first kappa shape index (κ1) is 24.1. The molecule has 0 radical (unpaired) electrons. The lowest BCUT2D eigenvalue weighted by Crippen LogP contribution is -2.38. The lowest BCUT2D eigenvalue weighted by molar-refractivity contribution is -0.384. The molecule has 6 nitrogen and oxygen atoms in total. The molecule has 1 aliphatic heterocycles. The highest BCUT2D eigenvalue weighted by Gasteiger charge is 2.41. The largest absolute Gasteiger partial charge is 0.348 e. The maximum absolute atomic E-state index is 14.1. The van der Waals surface area contributed by atoms with Gasteiger partial charge in [-0.3, -0.25) is 14.9 Å². The molecule has 7 heteroatoms. The monoisotopic (exact) mass is 499 g/mol. The molecule has 184 valence electrons. The lowest BCUT2D eigenvalue weighted by atomic mass is 9.92. The predicted molar refractivity (Wildman–Crippen MR) is 145 cm³/mol. The molecule has 1 fully saturated rings. The van der Waals surface area contributed by atoms with Crippen LogP contribution in [-0.2, 0) is 0 Å². The summed E-state index contributed by atoms with van der Waals surface area (Å²) >= 11 is 1.64. The van der Waals surface area contributed by atoms with Gasteiger partial charge in [0.1, 0.15) is 16.1 Å². The number of nitro benzene ring substituents is 1. The fourth-order valence-electron chi connectivity index (χ4n) is 4.99. The Kier molecular flexibility index (Phi) is 7.09. The summed E-state index contributed by atoms with van der Waals surface area (Å²) in [5, 5.41) is 15.3. The highest BCUT2D eigenvalue weighted by atomic mass is 32.2. The van der Waals surface area contributed by atoms with E-state index >= 15 is 0 Å². The number of nitrogens with one attached hydrogen (secondary N) is 1. The van der Waals surface area contributed by atoms with E-state index in [9.17, 15) is 14.9 Å². The Morgan fingerprint density at radius 1 is 0.944 bits per heavy atom. The van der Waals surface area contributed by atoms with Crippen LogP contribution in [0.2, 0.25) is 0 Å². The molecule has 1 heterocycles. The summed E-state index contributed by atoms with van der Waals surface area (Å²) in [6.07, 6.45) is 5.65. The van der Waals surface area contributed by atoms with Gasteiger partial charge in [-0.2, -0.15) is 0 Å². The van der Waals surface area contributed by atoms with Crippen LogP contribution in [0.15, 0.2) is 89.6 Å². The van der Waals surface area contributed by atoms with E-state index < -0.39 is 4.92 Å². The van der Waals surface area contributed by atoms with E-state index in [0.717, 1.165) is 47.5 Å². The van der Waals surface area contributed by atoms with Gasteiger partial charge in [0.25, 0.3) is 5.69 Å². The number of carbonyl (C=O) groups is 1. The van der Waals surface area contributed by atoms with Gasteiger partial charge in [-0.1, -0.05) is 91.2 Å². The molecule has 0 spiro atoms. The second-order valence-corrected chi connectivity index (χ2v) is 10.5. The van der Waals surface area contributed by atoms with Crippen molar-refractivity contribution in [2.75, 3.05) is 5.32 Å². The van der Waals surface area contributed by atoms with Crippen LogP contribution < -0.4 is 5.32 Å². The van der Waals surface area contributed by atoms with Gasteiger partial charge < -0.3 is 10.2 Å². The van der Waals surface area contributed by atoms with Crippen LogP contribution in [-0.4, -0.2) is 21.6 Å². The average Bonchev–Trinajstić information content (AvgIpc) is 3.29. The minimum absolute atomic E-state index is 0.00378. The standard InChI is InChI=1S/C29H29N3O3S/c1-20-12-14-21(15-13-20)27(33)26-28(30-23-16-18-25(19-17-23)32(34)35)36-29(22-8-4-2-5-9-22)31(26)24-10-6-3-7-11-24/h2,4-5,8-9,12-19,24,29-30H,3,6-7,10-11H2,1H3. The van der Waals surface area contributed by atoms with Crippen molar-refractivity contribution in [2.45, 2.75) is 50.4 Å². The molecule has 1 N–H and O–H groups in total. The third kappa shape index (κ3) is 5.02. The van der Waals surface area contributed by atoms with Gasteiger partial charge in [-0.25, -0.2) is 0 Å². The third-order valence-corrected chi connectivity index (χ3v) is 8.13. The maximum Gasteiger partial charge on any atom is 0.269 e. The SMILES string of the molecule is Cc1ccc(C(=O)C2=C(Nc3ccc([N+](=O)[O-])cc3)SC(c3ccccc3)N2C2CCCCC2)cc1. The van der Waals surface area contributed by atoms with Gasteiger partial charge in [0, 0.05) is 29.4 Å². The quantitative estimate of drug-likeness (QED) is 0.207. The number of rotatable bonds is 7. The van der Waals surface area contributed by atoms with E-state index in [1.54, 1.807) is 23.9 Å². The van der Waals surface area contributed by atoms with Crippen molar-refractivity contribution in [1.82, 2.24) is 4.90 Å². The number of Topliss-reactive ketones (excluding diaryl/α,β-unsaturated/α-hetero) is 1. The van der Waals surface area contributed by atoms with Crippen molar-refractivity contribution in [2.24, 2.45) is 0 Å². The smallest absolute Gasteiger partial charge is 0.269 e. The van der Waals surface area contributed by atoms with Crippen LogP contribution in [0.3, 0.4) is 0 Å². The fourth-order valence-corrected chi connectivity index (χ4v) is 6.38. The molecule has 36 heavy (non-hydrogen) atoms. The number of hydrogen-bond donors (Lipinski definition) is 1. The van der Waals surface area contributed by atoms with Crippen molar-refractivity contribution < 1.29 is 9.72 Å². The zero-order valence-electron chi connectivity index (χ0n) is 20.2. The Morgan fingerprint density at radius 3 is 2.25 bits per heavy atom. The number of benzene rings is 3. The molecule has 0 aromatic heterocycles. The van der Waals surface area contributed by atoms with Crippen LogP contribution in [0.4, 0.5) is 11.4 Å². The topological polar surface area (TPSA) is 75.5 Å². The van der Waals surface area contributed by atoms with E-state index in [2.05, 4.69) is 22.3 Å². The minimum Gasteiger partial charge on any atom is -0.348 e. The highest BCUT2D eigenvalue weighted by Crippen LogP contribution is 2.51. The second-order valence-electron chi connectivity index (χ2n) is 9.38. The average molecular weight is 500 g/mol. The number of anilines is 1. The van der Waals surface area contributed by atoms with E-state index in [0.29, 0.717) is 11.3 Å². The van der Waals surface area contributed by atoms with Crippen LogP contribution in [0, 0.1) is 17.0 Å². The summed E-state index contributed by atoms with van der Waals surface area (Å²) in [6, 6.07) is 24.7. The van der Waals surface area contributed by atoms with Gasteiger partial charge >= 0.3 is 0 Å². The van der Waals surface area contributed by atoms with Gasteiger partial charge in [0.2, 0.25) is 5.78 Å². The molecular weight excluding hydrogens is 470 g/mol. The van der Waals surface area contributed by atoms with Gasteiger partial charge in [0.15, 0.2) is 0 Å². The Morgan fingerprint density at radius 2 is 1.61 bits per heavy atom. The normalized spacial score (nSPS) is 18.4. The second kappa shape index (κ2) is 10.6. The van der Waals surface area contributed by atoms with Crippen LogP contribution in [0.5, 0.6) is 0 Å². The van der Waals surface area contributed by atoms with Crippen LogP contribution >= 0.6 is 11.8 Å². The number of non-ortho nitro benzene ring substituents is 1. The third-order valence-electron chi connectivity index (χ3n) is 6.87. The number of allylic oxidation sites excluding steroid dienone is 1. The number of hydrogen-bond acceptors (Lipinski definition) is 6. The predicted octanol–water partition coefficient (Wildman–Crippen LogP) is 7.45. The van der Waals surface area contributed by atoms with E-state index in [4.69, 9.17) is 0 Å². The molecule has 5 rings (SSSR count). The summed E-state index contributed by atoms with van der Waals surface area (Å²) in [5.74, 6) is -0.00378. The molecule has 0 bridgehead atoms. The number of ketones is 1. The number of thioether (sulfide) groups is 1. The summed E-state index contributed by atoms with van der Waals surface area (Å²) in [6.45, 7) is 2.01. The van der Waals surface area contributed by atoms with Crippen molar-refractivity contribution in [1.29, 1.82) is 0 Å². The molecule has 2 aliphatic rings. The molecule has 3 aromatic carbocycles. The van der Waals surface area contributed by atoms with E-state index in [1.165, 1.54) is 18.6 Å². The van der Waals surface area contributed by atoms with Crippen molar-refractivity contribution in [3.05, 3.63) is 116 Å². The molecule has 1 unspecified atom stereocenters. The van der Waals surface area contributed by atoms with Crippen LogP contribution in [0.25, 0.3) is 0 Å². The Balaban J connectivity index is 1.59. The fraction of sp³-hybridized carbons (Fsp3) is 0.276. The van der Waals surface area contributed by atoms with E-state index in [-0.39, 0.29) is 22.9 Å². The number of nitrogens with zero attached hydrogens (tertiary/aromatic N) is 2. The molecule has 1 atom stereocenters. The molecule has 1 saturated carbocycles. The molecule has 3 aromatic rings. The minimum atomic E-state index is -0.407. The van der Waals surface area contributed by atoms with Crippen molar-refractivity contribution in [3.63, 3.8) is 0 Å². The number of carbonyl (C=O) groups excluding carboxylic acids is 1. The van der Waals surface area contributed by atoms with Gasteiger partial charge in [0.05, 0.1) is 4.92 Å². The number of nitro groups is 1. The molecule has 0 amide bonds.